The van der Waals surface area contributed by atoms with E-state index in [9.17, 15) is 0 Å². The molecule has 0 spiro atoms. The lowest BCUT2D eigenvalue weighted by Crippen LogP contribution is -2.08. The first-order valence-corrected chi connectivity index (χ1v) is 7.64. The lowest BCUT2D eigenvalue weighted by Gasteiger charge is -2.18. The monoisotopic (exact) mass is 242 g/mol. The zero-order valence-corrected chi connectivity index (χ0v) is 11.6. The molecule has 98 valence electrons. The lowest BCUT2D eigenvalue weighted by molar-refractivity contribution is 0.573. The molecular weight excluding hydrogens is 216 g/mol. The Morgan fingerprint density at radius 3 is 2.33 bits per heavy atom. The fourth-order valence-electron chi connectivity index (χ4n) is 2.96. The van der Waals surface area contributed by atoms with E-state index >= 15 is 0 Å². The van der Waals surface area contributed by atoms with Gasteiger partial charge in [0.2, 0.25) is 0 Å². The molecule has 0 aliphatic heterocycles. The van der Waals surface area contributed by atoms with Crippen LogP contribution >= 0.6 is 0 Å². The van der Waals surface area contributed by atoms with Crippen molar-refractivity contribution in [2.24, 2.45) is 11.8 Å². The molecule has 1 unspecified atom stereocenters. The zero-order chi connectivity index (χ0) is 12.6. The Bertz CT molecular complexity index is 342. The first-order chi connectivity index (χ1) is 8.92. The molecule has 18 heavy (non-hydrogen) atoms. The van der Waals surface area contributed by atoms with Crippen molar-refractivity contribution in [3.05, 3.63) is 48.1 Å². The number of rotatable bonds is 8. The Balaban J connectivity index is 1.66. The Labute approximate surface area is 112 Å². The van der Waals surface area contributed by atoms with Crippen LogP contribution in [0.4, 0.5) is 0 Å². The minimum Gasteiger partial charge on any atom is -0.0767 e. The van der Waals surface area contributed by atoms with Crippen LogP contribution in [0, 0.1) is 11.8 Å². The second kappa shape index (κ2) is 7.41. The van der Waals surface area contributed by atoms with Gasteiger partial charge in [0.05, 0.1) is 0 Å². The molecular formula is C18H26. The molecule has 0 aromatic carbocycles. The van der Waals surface area contributed by atoms with E-state index in [1.807, 2.05) is 0 Å². The third kappa shape index (κ3) is 3.73. The molecule has 0 radical (unpaired) electrons. The molecule has 0 saturated heterocycles. The minimum atomic E-state index is 0.620. The van der Waals surface area contributed by atoms with Gasteiger partial charge in [0.25, 0.3) is 0 Å². The van der Waals surface area contributed by atoms with Crippen LogP contribution in [-0.2, 0) is 0 Å². The summed E-state index contributed by atoms with van der Waals surface area (Å²) in [5, 5.41) is 0. The Kier molecular flexibility index (Phi) is 5.51. The van der Waals surface area contributed by atoms with Gasteiger partial charge in [0.1, 0.15) is 0 Å². The maximum atomic E-state index is 2.37. The standard InChI is InChI=1S/C18H26/c1-2-3-4-5-6-7-11-17-14-10-15-18(17)16-12-8-9-13-16/h8-10,12-16,18H,2-7,11H2,1H3. The maximum absolute atomic E-state index is 2.37. The molecule has 0 heteroatoms. The first kappa shape index (κ1) is 13.4. The van der Waals surface area contributed by atoms with Gasteiger partial charge in [-0.25, -0.2) is 0 Å². The number of hydrogen-bond donors (Lipinski definition) is 0. The first-order valence-electron chi connectivity index (χ1n) is 7.64. The van der Waals surface area contributed by atoms with E-state index in [0.717, 1.165) is 0 Å². The van der Waals surface area contributed by atoms with E-state index in [2.05, 4.69) is 49.5 Å². The smallest absolute Gasteiger partial charge is 0.00808 e. The number of allylic oxidation sites excluding steroid dienone is 8. The quantitative estimate of drug-likeness (QED) is 0.487. The zero-order valence-electron chi connectivity index (χ0n) is 11.6. The molecule has 0 aromatic heterocycles. The molecule has 0 saturated carbocycles. The van der Waals surface area contributed by atoms with Crippen LogP contribution in [0.15, 0.2) is 48.1 Å². The summed E-state index contributed by atoms with van der Waals surface area (Å²) in [6.07, 6.45) is 25.6. The highest BCUT2D eigenvalue weighted by Gasteiger charge is 2.21. The van der Waals surface area contributed by atoms with Crippen molar-refractivity contribution >= 4 is 0 Å². The van der Waals surface area contributed by atoms with Gasteiger partial charge >= 0.3 is 0 Å². The van der Waals surface area contributed by atoms with Gasteiger partial charge in [0, 0.05) is 11.8 Å². The third-order valence-electron chi connectivity index (χ3n) is 4.07. The summed E-state index contributed by atoms with van der Waals surface area (Å²) < 4.78 is 0. The minimum absolute atomic E-state index is 0.620. The van der Waals surface area contributed by atoms with Gasteiger partial charge in [-0.3, -0.25) is 0 Å². The van der Waals surface area contributed by atoms with E-state index in [4.69, 9.17) is 0 Å². The van der Waals surface area contributed by atoms with E-state index in [0.29, 0.717) is 11.8 Å². The molecule has 2 aliphatic carbocycles. The highest BCUT2D eigenvalue weighted by Crippen LogP contribution is 2.33. The van der Waals surface area contributed by atoms with Crippen molar-refractivity contribution in [3.63, 3.8) is 0 Å². The van der Waals surface area contributed by atoms with Gasteiger partial charge in [-0.2, -0.15) is 0 Å². The second-order valence-electron chi connectivity index (χ2n) is 5.52. The average molecular weight is 242 g/mol. The summed E-state index contributed by atoms with van der Waals surface area (Å²) >= 11 is 0. The van der Waals surface area contributed by atoms with Crippen molar-refractivity contribution in [2.75, 3.05) is 0 Å². The van der Waals surface area contributed by atoms with E-state index in [1.54, 1.807) is 5.57 Å². The summed E-state index contributed by atoms with van der Waals surface area (Å²) in [7, 11) is 0. The summed E-state index contributed by atoms with van der Waals surface area (Å²) in [6, 6.07) is 0. The van der Waals surface area contributed by atoms with Crippen LogP contribution in [-0.4, -0.2) is 0 Å². The predicted octanol–water partition coefficient (Wildman–Crippen LogP) is 5.59. The number of hydrogen-bond acceptors (Lipinski definition) is 0. The molecule has 2 aliphatic rings. The van der Waals surface area contributed by atoms with Crippen molar-refractivity contribution in [1.82, 2.24) is 0 Å². The van der Waals surface area contributed by atoms with Crippen LogP contribution in [0.2, 0.25) is 0 Å². The van der Waals surface area contributed by atoms with E-state index in [-0.39, 0.29) is 0 Å². The van der Waals surface area contributed by atoms with Crippen LogP contribution in [0.25, 0.3) is 0 Å². The van der Waals surface area contributed by atoms with Crippen molar-refractivity contribution < 1.29 is 0 Å². The second-order valence-corrected chi connectivity index (χ2v) is 5.52. The van der Waals surface area contributed by atoms with Gasteiger partial charge in [-0.15, -0.1) is 0 Å². The van der Waals surface area contributed by atoms with Crippen molar-refractivity contribution in [1.29, 1.82) is 0 Å². The Hall–Kier alpha value is -1.04. The van der Waals surface area contributed by atoms with E-state index < -0.39 is 0 Å². The predicted molar refractivity (Wildman–Crippen MR) is 80.5 cm³/mol. The molecule has 0 bridgehead atoms. The summed E-state index contributed by atoms with van der Waals surface area (Å²) in [4.78, 5) is 0. The molecule has 1 atom stereocenters. The van der Waals surface area contributed by atoms with Crippen molar-refractivity contribution in [2.45, 2.75) is 51.9 Å². The van der Waals surface area contributed by atoms with Gasteiger partial charge in [-0.05, 0) is 12.8 Å². The van der Waals surface area contributed by atoms with Crippen LogP contribution in [0.1, 0.15) is 51.9 Å². The van der Waals surface area contributed by atoms with Crippen LogP contribution in [0.5, 0.6) is 0 Å². The lowest BCUT2D eigenvalue weighted by atomic mass is 9.86. The fourth-order valence-corrected chi connectivity index (χ4v) is 2.96. The SMILES string of the molecule is CCCCCCCCC1=CC=CC1C1C=CC=C1. The van der Waals surface area contributed by atoms with Gasteiger partial charge < -0.3 is 0 Å². The van der Waals surface area contributed by atoms with Gasteiger partial charge in [0.15, 0.2) is 0 Å². The summed E-state index contributed by atoms with van der Waals surface area (Å²) in [6.45, 7) is 2.28. The summed E-state index contributed by atoms with van der Waals surface area (Å²) in [5.41, 5.74) is 1.65. The maximum Gasteiger partial charge on any atom is 0.00808 e. The molecule has 0 heterocycles. The van der Waals surface area contributed by atoms with Crippen LogP contribution < -0.4 is 0 Å². The highest BCUT2D eigenvalue weighted by atomic mass is 14.3. The molecule has 0 amide bonds. The molecule has 2 rings (SSSR count). The van der Waals surface area contributed by atoms with E-state index in [1.165, 1.54) is 44.9 Å². The topological polar surface area (TPSA) is 0 Å². The number of unbranched alkanes of at least 4 members (excludes halogenated alkanes) is 5. The Morgan fingerprint density at radius 2 is 1.56 bits per heavy atom. The normalized spacial score (nSPS) is 22.1. The van der Waals surface area contributed by atoms with Gasteiger partial charge in [-0.1, -0.05) is 87.1 Å². The Morgan fingerprint density at radius 1 is 0.833 bits per heavy atom. The van der Waals surface area contributed by atoms with Crippen LogP contribution in [0.3, 0.4) is 0 Å². The molecule has 0 fully saturated rings. The summed E-state index contributed by atoms with van der Waals surface area (Å²) in [5.74, 6) is 1.27. The fraction of sp³-hybridized carbons (Fsp3) is 0.556. The molecule has 0 aromatic rings. The third-order valence-corrected chi connectivity index (χ3v) is 4.07. The molecule has 0 N–H and O–H groups in total. The molecule has 0 nitrogen and oxygen atoms in total. The average Bonchev–Trinajstić information content (AvgIpc) is 3.03. The largest absolute Gasteiger partial charge is 0.0767 e. The highest BCUT2D eigenvalue weighted by molar-refractivity contribution is 5.33. The van der Waals surface area contributed by atoms with Crippen molar-refractivity contribution in [3.8, 4) is 0 Å².